The van der Waals surface area contributed by atoms with Gasteiger partial charge in [0.2, 0.25) is 0 Å². The van der Waals surface area contributed by atoms with Crippen LogP contribution in [-0.4, -0.2) is 37.9 Å². The van der Waals surface area contributed by atoms with E-state index in [4.69, 9.17) is 0 Å². The van der Waals surface area contributed by atoms with Gasteiger partial charge in [-0.15, -0.1) is 0 Å². The van der Waals surface area contributed by atoms with Crippen molar-refractivity contribution in [3.05, 3.63) is 101 Å². The molecule has 0 aliphatic heterocycles. The lowest BCUT2D eigenvalue weighted by atomic mass is 9.79. The van der Waals surface area contributed by atoms with Crippen LogP contribution in [-0.2, 0) is 16.6 Å². The van der Waals surface area contributed by atoms with Crippen molar-refractivity contribution in [2.24, 2.45) is 0 Å². The average molecular weight is 517 g/mol. The van der Waals surface area contributed by atoms with Gasteiger partial charge < -0.3 is 4.90 Å². The molecule has 0 bridgehead atoms. The van der Waals surface area contributed by atoms with Crippen LogP contribution < -0.4 is 4.72 Å². The maximum absolute atomic E-state index is 13.3. The van der Waals surface area contributed by atoms with Gasteiger partial charge in [-0.2, -0.15) is 0 Å². The molecule has 0 aromatic heterocycles. The summed E-state index contributed by atoms with van der Waals surface area (Å²) < 4.78 is 3.42. The molecule has 1 atom stereocenters. The van der Waals surface area contributed by atoms with Gasteiger partial charge in [0.15, 0.2) is 5.78 Å². The molecule has 0 amide bonds. The summed E-state index contributed by atoms with van der Waals surface area (Å²) in [5, 5.41) is 0. The van der Waals surface area contributed by atoms with Gasteiger partial charge in [0.05, 0.1) is 0 Å². The quantitative estimate of drug-likeness (QED) is 0.128. The molecule has 1 aliphatic carbocycles. The maximum atomic E-state index is 13.3. The van der Waals surface area contributed by atoms with E-state index in [0.29, 0.717) is 12.3 Å². The Kier molecular flexibility index (Phi) is 10.6. The topological polar surface area (TPSA) is 32.3 Å². The number of carbonyl (C=O) groups excluding carboxylic acids is 1. The highest BCUT2D eigenvalue weighted by Crippen LogP contribution is 2.51. The second kappa shape index (κ2) is 13.4. The van der Waals surface area contributed by atoms with E-state index in [1.165, 1.54) is 16.7 Å². The molecular weight excluding hydrogens is 472 g/mol. The largest absolute Gasteiger partial charge is 0.309 e. The molecular formula is C33H44N2OS. The number of hydrogen-bond acceptors (Lipinski definition) is 4. The molecule has 0 fully saturated rings. The number of carbonyl (C=O) groups is 1. The lowest BCUT2D eigenvalue weighted by Crippen LogP contribution is -2.17. The maximum Gasteiger partial charge on any atom is 0.167 e. The van der Waals surface area contributed by atoms with Crippen molar-refractivity contribution in [2.45, 2.75) is 69.6 Å². The van der Waals surface area contributed by atoms with Gasteiger partial charge in [-0.3, -0.25) is 9.52 Å². The van der Waals surface area contributed by atoms with Crippen molar-refractivity contribution in [2.75, 3.05) is 27.2 Å². The van der Waals surface area contributed by atoms with Gasteiger partial charge in [-0.05, 0) is 86.7 Å². The summed E-state index contributed by atoms with van der Waals surface area (Å²) in [5.41, 5.74) is 6.74. The second-order valence-electron chi connectivity index (χ2n) is 10.9. The van der Waals surface area contributed by atoms with Crippen molar-refractivity contribution < 1.29 is 4.79 Å². The highest BCUT2D eigenvalue weighted by molar-refractivity contribution is 7.97. The van der Waals surface area contributed by atoms with Crippen LogP contribution in [0.2, 0.25) is 0 Å². The zero-order valence-electron chi connectivity index (χ0n) is 23.6. The Bertz CT molecular complexity index is 1140. The molecule has 1 unspecified atom stereocenters. The molecule has 1 N–H and O–H groups in total. The number of hydrogen-bond donors (Lipinski definition) is 1. The third-order valence-corrected chi connectivity index (χ3v) is 8.09. The van der Waals surface area contributed by atoms with Crippen LogP contribution in [0, 0.1) is 0 Å². The summed E-state index contributed by atoms with van der Waals surface area (Å²) >= 11 is 1.65. The predicted octanol–water partition coefficient (Wildman–Crippen LogP) is 7.65. The SMILES string of the molecule is C=C(C)/C(=C/C=C1/C(CCC)c2ccccc2C1(C)C)C(=O)Cc1ccc(SNCCCN(C)C)cc1. The van der Waals surface area contributed by atoms with Crippen molar-refractivity contribution in [1.82, 2.24) is 9.62 Å². The third kappa shape index (κ3) is 7.56. The van der Waals surface area contributed by atoms with E-state index < -0.39 is 0 Å². The molecule has 37 heavy (non-hydrogen) atoms. The van der Waals surface area contributed by atoms with Crippen LogP contribution in [0.1, 0.15) is 69.6 Å². The lowest BCUT2D eigenvalue weighted by Gasteiger charge is -2.24. The van der Waals surface area contributed by atoms with Gasteiger partial charge in [-0.25, -0.2) is 0 Å². The normalized spacial score (nSPS) is 17.9. The van der Waals surface area contributed by atoms with Gasteiger partial charge in [0, 0.05) is 34.8 Å². The van der Waals surface area contributed by atoms with E-state index in [0.717, 1.165) is 54.0 Å². The average Bonchev–Trinajstić information content (AvgIpc) is 3.06. The highest BCUT2D eigenvalue weighted by Gasteiger charge is 2.40. The van der Waals surface area contributed by atoms with Gasteiger partial charge >= 0.3 is 0 Å². The molecule has 0 saturated carbocycles. The Balaban J connectivity index is 1.72. The predicted molar refractivity (Wildman–Crippen MR) is 160 cm³/mol. The van der Waals surface area contributed by atoms with Crippen LogP contribution in [0.15, 0.2) is 88.9 Å². The Morgan fingerprint density at radius 1 is 1.14 bits per heavy atom. The first-order chi connectivity index (χ1) is 17.6. The molecule has 0 spiro atoms. The fraction of sp³-hybridized carbons (Fsp3) is 0.424. The van der Waals surface area contributed by atoms with Crippen molar-refractivity contribution in [3.8, 4) is 0 Å². The number of benzene rings is 2. The molecule has 198 valence electrons. The fourth-order valence-corrected chi connectivity index (χ4v) is 5.94. The Hall–Kier alpha value is -2.40. The smallest absolute Gasteiger partial charge is 0.167 e. The number of fused-ring (bicyclic) bond motifs is 1. The summed E-state index contributed by atoms with van der Waals surface area (Å²) in [4.78, 5) is 16.7. The number of ketones is 1. The summed E-state index contributed by atoms with van der Waals surface area (Å²) in [7, 11) is 4.19. The first-order valence-corrected chi connectivity index (χ1v) is 14.3. The first kappa shape index (κ1) is 29.2. The molecule has 3 rings (SSSR count). The molecule has 4 heteroatoms. The van der Waals surface area contributed by atoms with Gasteiger partial charge in [0.25, 0.3) is 0 Å². The number of nitrogens with one attached hydrogen (secondary N) is 1. The van der Waals surface area contributed by atoms with Crippen LogP contribution in [0.5, 0.6) is 0 Å². The Labute approximate surface area is 229 Å². The summed E-state index contributed by atoms with van der Waals surface area (Å²) in [6.45, 7) is 15.0. The zero-order chi connectivity index (χ0) is 27.0. The monoisotopic (exact) mass is 516 g/mol. The van der Waals surface area contributed by atoms with Crippen LogP contribution in [0.25, 0.3) is 0 Å². The minimum Gasteiger partial charge on any atom is -0.309 e. The standard InChI is InChI=1S/C33H44N2OS/c1-8-12-28-29-13-9-10-14-30(29)33(4,5)31(28)20-19-27(24(2)3)32(36)23-25-15-17-26(18-16-25)37-34-21-11-22-35(6)7/h9-10,13-20,28,34H,2,8,11-12,21-23H2,1,3-7H3/b27-19-,31-20-. The molecule has 0 saturated heterocycles. The summed E-state index contributed by atoms with van der Waals surface area (Å²) in [5.74, 6) is 0.516. The Morgan fingerprint density at radius 2 is 1.84 bits per heavy atom. The van der Waals surface area contributed by atoms with Crippen molar-refractivity contribution in [3.63, 3.8) is 0 Å². The molecule has 1 aliphatic rings. The van der Waals surface area contributed by atoms with Crippen LogP contribution in [0.4, 0.5) is 0 Å². The molecule has 3 nitrogen and oxygen atoms in total. The van der Waals surface area contributed by atoms with Crippen LogP contribution in [0.3, 0.4) is 0 Å². The van der Waals surface area contributed by atoms with Crippen molar-refractivity contribution >= 4 is 17.7 Å². The number of Topliss-reactive ketones (excluding diaryl/α,β-unsaturated/α-hetero) is 1. The fourth-order valence-electron chi connectivity index (χ4n) is 5.26. The molecule has 2 aromatic rings. The Morgan fingerprint density at radius 3 is 2.49 bits per heavy atom. The van der Waals surface area contributed by atoms with E-state index in [1.807, 2.05) is 13.0 Å². The lowest BCUT2D eigenvalue weighted by molar-refractivity contribution is -0.114. The van der Waals surface area contributed by atoms with E-state index in [1.54, 1.807) is 11.9 Å². The third-order valence-electron chi connectivity index (χ3n) is 7.24. The minimum absolute atomic E-state index is 0.0514. The van der Waals surface area contributed by atoms with E-state index in [9.17, 15) is 4.79 Å². The van der Waals surface area contributed by atoms with E-state index in [2.05, 4.69) is 106 Å². The number of allylic oxidation sites excluding steroid dienone is 5. The van der Waals surface area contributed by atoms with E-state index in [-0.39, 0.29) is 11.2 Å². The number of rotatable bonds is 13. The molecule has 0 heterocycles. The zero-order valence-corrected chi connectivity index (χ0v) is 24.4. The molecule has 0 radical (unpaired) electrons. The van der Waals surface area contributed by atoms with Crippen molar-refractivity contribution in [1.29, 1.82) is 0 Å². The van der Waals surface area contributed by atoms with Gasteiger partial charge in [-0.1, -0.05) is 87.9 Å². The number of nitrogens with zero attached hydrogens (tertiary/aromatic N) is 1. The van der Waals surface area contributed by atoms with E-state index >= 15 is 0 Å². The second-order valence-corrected chi connectivity index (χ2v) is 11.9. The van der Waals surface area contributed by atoms with Gasteiger partial charge in [0.1, 0.15) is 0 Å². The minimum atomic E-state index is -0.0514. The van der Waals surface area contributed by atoms with Crippen LogP contribution >= 0.6 is 11.9 Å². The summed E-state index contributed by atoms with van der Waals surface area (Å²) in [6.07, 6.45) is 7.97. The molecule has 2 aromatic carbocycles. The summed E-state index contributed by atoms with van der Waals surface area (Å²) in [6, 6.07) is 17.1. The first-order valence-electron chi connectivity index (χ1n) is 13.5. The highest BCUT2D eigenvalue weighted by atomic mass is 32.2.